The number of hydrogen-bond acceptors (Lipinski definition) is 1. The standard InChI is InChI=1S/C7H8AsBrO/c8-6-2-1-3-7(9)5(6)4-10/h1-3,10H,4,8H2. The molecule has 0 saturated heterocycles. The molecule has 1 N–H and O–H groups in total. The summed E-state index contributed by atoms with van der Waals surface area (Å²) in [6.07, 6.45) is 0. The van der Waals surface area contributed by atoms with Crippen molar-refractivity contribution < 1.29 is 5.11 Å². The molecule has 1 nitrogen and oxygen atoms in total. The molecule has 0 aromatic heterocycles. The topological polar surface area (TPSA) is 20.2 Å². The molecule has 0 radical (unpaired) electrons. The molecule has 1 aromatic carbocycles. The van der Waals surface area contributed by atoms with Crippen molar-refractivity contribution in [1.82, 2.24) is 0 Å². The zero-order chi connectivity index (χ0) is 7.56. The van der Waals surface area contributed by atoms with Crippen LogP contribution in [0.2, 0.25) is 0 Å². The van der Waals surface area contributed by atoms with Crippen LogP contribution in [0, 0.1) is 0 Å². The molecule has 1 unspecified atom stereocenters. The molecule has 1 rings (SSSR count). The van der Waals surface area contributed by atoms with Crippen molar-refractivity contribution in [2.45, 2.75) is 6.61 Å². The Kier molecular flexibility index (Phi) is 2.96. The van der Waals surface area contributed by atoms with Gasteiger partial charge in [0, 0.05) is 0 Å². The Hall–Kier alpha value is 0.218. The second-order valence-electron chi connectivity index (χ2n) is 1.97. The Bertz CT molecular complexity index is 217. The summed E-state index contributed by atoms with van der Waals surface area (Å²) in [6, 6.07) is 5.92. The first-order chi connectivity index (χ1) is 4.75. The Morgan fingerprint density at radius 1 is 1.50 bits per heavy atom. The first-order valence-corrected chi connectivity index (χ1v) is 4.90. The molecule has 0 saturated carbocycles. The monoisotopic (exact) mass is 262 g/mol. The van der Waals surface area contributed by atoms with Crippen LogP contribution in [0.4, 0.5) is 0 Å². The van der Waals surface area contributed by atoms with Gasteiger partial charge in [-0.15, -0.1) is 0 Å². The van der Waals surface area contributed by atoms with E-state index in [1.165, 1.54) is 21.2 Å². The predicted octanol–water partition coefficient (Wildman–Crippen LogP) is 0.200. The van der Waals surface area contributed by atoms with Gasteiger partial charge in [-0.1, -0.05) is 0 Å². The van der Waals surface area contributed by atoms with Crippen LogP contribution in [0.5, 0.6) is 0 Å². The summed E-state index contributed by atoms with van der Waals surface area (Å²) in [7, 11) is 0. The quantitative estimate of drug-likeness (QED) is 0.717. The zero-order valence-electron chi connectivity index (χ0n) is 5.34. The third kappa shape index (κ3) is 1.63. The molecule has 0 aliphatic heterocycles. The van der Waals surface area contributed by atoms with Gasteiger partial charge in [0.05, 0.1) is 0 Å². The van der Waals surface area contributed by atoms with Gasteiger partial charge in [-0.05, 0) is 0 Å². The minimum atomic E-state index is 0.120. The van der Waals surface area contributed by atoms with Crippen LogP contribution in [0.3, 0.4) is 0 Å². The molecule has 1 atom stereocenters. The van der Waals surface area contributed by atoms with Crippen molar-refractivity contribution in [1.29, 1.82) is 0 Å². The van der Waals surface area contributed by atoms with Crippen molar-refractivity contribution >= 4 is 37.1 Å². The van der Waals surface area contributed by atoms with E-state index in [4.69, 9.17) is 5.11 Å². The molecular formula is C7H8AsBrO. The maximum absolute atomic E-state index is 8.88. The molecule has 54 valence electrons. The molecule has 0 aliphatic carbocycles. The SMILES string of the molecule is OCc1c([AsH2])cccc1Br. The fourth-order valence-electron chi connectivity index (χ4n) is 0.742. The summed E-state index contributed by atoms with van der Waals surface area (Å²) in [5.41, 5.74) is 1.00. The van der Waals surface area contributed by atoms with Crippen LogP contribution in [-0.4, -0.2) is 22.0 Å². The zero-order valence-corrected chi connectivity index (χ0v) is 9.35. The van der Waals surface area contributed by atoms with Crippen LogP contribution in [0.15, 0.2) is 22.7 Å². The Labute approximate surface area is 77.1 Å². The van der Waals surface area contributed by atoms with Gasteiger partial charge in [-0.25, -0.2) is 0 Å². The molecule has 0 amide bonds. The number of benzene rings is 1. The minimum absolute atomic E-state index is 0.120. The number of rotatable bonds is 1. The number of aliphatic hydroxyl groups excluding tert-OH is 1. The number of aliphatic hydroxyl groups is 1. The Morgan fingerprint density at radius 2 is 2.20 bits per heavy atom. The molecule has 3 heteroatoms. The molecule has 0 heterocycles. The van der Waals surface area contributed by atoms with E-state index in [1.807, 2.05) is 18.2 Å². The van der Waals surface area contributed by atoms with Crippen LogP contribution >= 0.6 is 15.9 Å². The van der Waals surface area contributed by atoms with Crippen LogP contribution < -0.4 is 4.35 Å². The fourth-order valence-corrected chi connectivity index (χ4v) is 2.44. The summed E-state index contributed by atoms with van der Waals surface area (Å²) in [6.45, 7) is 0.120. The summed E-state index contributed by atoms with van der Waals surface area (Å²) in [4.78, 5) is 0. The second kappa shape index (κ2) is 3.56. The average Bonchev–Trinajstić information content (AvgIpc) is 1.88. The first-order valence-electron chi connectivity index (χ1n) is 2.89. The number of halogens is 1. The summed E-state index contributed by atoms with van der Waals surface area (Å²) >= 11 is 4.89. The van der Waals surface area contributed by atoms with Crippen LogP contribution in [0.1, 0.15) is 5.56 Å². The van der Waals surface area contributed by atoms with E-state index in [9.17, 15) is 0 Å². The summed E-state index contributed by atoms with van der Waals surface area (Å²) in [5.74, 6) is 0. The van der Waals surface area contributed by atoms with E-state index in [0.717, 1.165) is 10.0 Å². The Balaban J connectivity index is 3.17. The fraction of sp³-hybridized carbons (Fsp3) is 0.143. The normalized spacial score (nSPS) is 9.90. The van der Waals surface area contributed by atoms with Crippen molar-refractivity contribution in [3.8, 4) is 0 Å². The summed E-state index contributed by atoms with van der Waals surface area (Å²) < 4.78 is 2.18. The molecule has 0 bridgehead atoms. The van der Waals surface area contributed by atoms with Gasteiger partial charge < -0.3 is 0 Å². The van der Waals surface area contributed by atoms with E-state index >= 15 is 0 Å². The summed E-state index contributed by atoms with van der Waals surface area (Å²) in [5, 5.41) is 8.88. The molecular weight excluding hydrogens is 255 g/mol. The van der Waals surface area contributed by atoms with E-state index < -0.39 is 0 Å². The van der Waals surface area contributed by atoms with Crippen molar-refractivity contribution in [3.63, 3.8) is 0 Å². The van der Waals surface area contributed by atoms with Crippen molar-refractivity contribution in [2.75, 3.05) is 0 Å². The van der Waals surface area contributed by atoms with Gasteiger partial charge in [0.1, 0.15) is 0 Å². The van der Waals surface area contributed by atoms with Crippen LogP contribution in [0.25, 0.3) is 0 Å². The predicted molar refractivity (Wildman–Crippen MR) is 48.2 cm³/mol. The van der Waals surface area contributed by atoms with E-state index in [0.29, 0.717) is 0 Å². The molecule has 0 aliphatic rings. The third-order valence-electron chi connectivity index (χ3n) is 1.31. The maximum atomic E-state index is 8.88. The molecule has 0 fully saturated rings. The van der Waals surface area contributed by atoms with Gasteiger partial charge in [-0.3, -0.25) is 0 Å². The van der Waals surface area contributed by atoms with Gasteiger partial charge in [0.15, 0.2) is 0 Å². The van der Waals surface area contributed by atoms with E-state index in [2.05, 4.69) is 15.9 Å². The van der Waals surface area contributed by atoms with Gasteiger partial charge in [-0.2, -0.15) is 0 Å². The first kappa shape index (κ1) is 8.32. The molecule has 10 heavy (non-hydrogen) atoms. The van der Waals surface area contributed by atoms with Gasteiger partial charge in [0.25, 0.3) is 0 Å². The average molecular weight is 263 g/mol. The Morgan fingerprint density at radius 3 is 2.60 bits per heavy atom. The van der Waals surface area contributed by atoms with E-state index in [1.54, 1.807) is 0 Å². The van der Waals surface area contributed by atoms with Crippen molar-refractivity contribution in [3.05, 3.63) is 28.2 Å². The van der Waals surface area contributed by atoms with Gasteiger partial charge in [0.2, 0.25) is 0 Å². The van der Waals surface area contributed by atoms with Crippen LogP contribution in [-0.2, 0) is 6.61 Å². The second-order valence-corrected chi connectivity index (χ2v) is 4.13. The molecule has 1 aromatic rings. The van der Waals surface area contributed by atoms with Gasteiger partial charge >= 0.3 is 77.1 Å². The van der Waals surface area contributed by atoms with E-state index in [-0.39, 0.29) is 6.61 Å². The third-order valence-corrected chi connectivity index (χ3v) is 3.19. The molecule has 0 spiro atoms. The number of hydrogen-bond donors (Lipinski definition) is 1. The van der Waals surface area contributed by atoms with Crippen molar-refractivity contribution in [2.24, 2.45) is 0 Å².